The van der Waals surface area contributed by atoms with Gasteiger partial charge in [0.2, 0.25) is 0 Å². The molecule has 0 bridgehead atoms. The lowest BCUT2D eigenvalue weighted by molar-refractivity contribution is -0.127. The molecule has 24 heavy (non-hydrogen) atoms. The van der Waals surface area contributed by atoms with E-state index >= 15 is 0 Å². The molecule has 0 aliphatic heterocycles. The van der Waals surface area contributed by atoms with Crippen molar-refractivity contribution in [2.45, 2.75) is 39.7 Å². The minimum absolute atomic E-state index is 0.122. The monoisotopic (exact) mass is 345 g/mol. The molecule has 2 rings (SSSR count). The maximum Gasteiger partial charge on any atom is 0.260 e. The average Bonchev–Trinajstić information content (AvgIpc) is 2.57. The van der Waals surface area contributed by atoms with Crippen molar-refractivity contribution in [2.24, 2.45) is 0 Å². The lowest BCUT2D eigenvalue weighted by atomic mass is 10.0. The highest BCUT2D eigenvalue weighted by Crippen LogP contribution is 2.26. The Labute approximate surface area is 149 Å². The molecule has 0 heterocycles. The summed E-state index contributed by atoms with van der Waals surface area (Å²) in [4.78, 5) is 12.3. The summed E-state index contributed by atoms with van der Waals surface area (Å²) >= 11 is 6.16. The molecular weight excluding hydrogens is 322 g/mol. The van der Waals surface area contributed by atoms with Crippen LogP contribution in [0.4, 0.5) is 0 Å². The summed E-state index contributed by atoms with van der Waals surface area (Å²) in [7, 11) is 0. The summed E-state index contributed by atoms with van der Waals surface area (Å²) in [5.41, 5.74) is 3.09. The molecule has 0 fully saturated rings. The molecule has 0 aromatic heterocycles. The first-order chi connectivity index (χ1) is 11.4. The Bertz CT molecular complexity index is 677. The van der Waals surface area contributed by atoms with E-state index in [0.29, 0.717) is 12.3 Å². The second-order valence-corrected chi connectivity index (χ2v) is 6.57. The third-order valence-electron chi connectivity index (χ3n) is 4.04. The van der Waals surface area contributed by atoms with E-state index in [4.69, 9.17) is 16.3 Å². The Morgan fingerprint density at radius 1 is 1.12 bits per heavy atom. The van der Waals surface area contributed by atoms with Crippen molar-refractivity contribution in [3.63, 3.8) is 0 Å². The van der Waals surface area contributed by atoms with Crippen LogP contribution in [-0.4, -0.2) is 18.6 Å². The Morgan fingerprint density at radius 3 is 2.29 bits per heavy atom. The summed E-state index contributed by atoms with van der Waals surface area (Å²) in [5, 5.41) is 3.68. The van der Waals surface area contributed by atoms with Gasteiger partial charge in [-0.25, -0.2) is 0 Å². The van der Waals surface area contributed by atoms with Crippen LogP contribution in [0.3, 0.4) is 0 Å². The number of carbonyl (C=O) groups is 1. The molecule has 128 valence electrons. The van der Waals surface area contributed by atoms with E-state index in [2.05, 4.69) is 24.4 Å². The zero-order valence-electron chi connectivity index (χ0n) is 14.6. The maximum absolute atomic E-state index is 12.3. The Morgan fingerprint density at radius 2 is 1.71 bits per heavy atom. The number of aryl methyl sites for hydroxylation is 2. The van der Waals surface area contributed by atoms with Crippen LogP contribution in [-0.2, 0) is 4.79 Å². The van der Waals surface area contributed by atoms with Gasteiger partial charge in [-0.3, -0.25) is 4.79 Å². The van der Waals surface area contributed by atoms with Crippen LogP contribution in [0.1, 0.15) is 36.5 Å². The Balaban J connectivity index is 1.90. The second-order valence-electron chi connectivity index (χ2n) is 6.19. The fourth-order valence-electron chi connectivity index (χ4n) is 2.53. The number of benzene rings is 2. The van der Waals surface area contributed by atoms with Gasteiger partial charge in [-0.1, -0.05) is 48.9 Å². The molecule has 2 aromatic carbocycles. The fourth-order valence-corrected chi connectivity index (χ4v) is 2.64. The van der Waals surface area contributed by atoms with Crippen LogP contribution in [0, 0.1) is 13.8 Å². The van der Waals surface area contributed by atoms with E-state index in [1.807, 2.05) is 44.2 Å². The van der Waals surface area contributed by atoms with Crippen LogP contribution in [0.25, 0.3) is 0 Å². The average molecular weight is 346 g/mol. The molecule has 0 aliphatic rings. The van der Waals surface area contributed by atoms with Crippen molar-refractivity contribution < 1.29 is 9.53 Å². The van der Waals surface area contributed by atoms with Gasteiger partial charge in [0.25, 0.3) is 5.91 Å². The molecule has 0 spiro atoms. The number of ether oxygens (including phenoxy) is 1. The van der Waals surface area contributed by atoms with Crippen molar-refractivity contribution in [2.75, 3.05) is 6.54 Å². The van der Waals surface area contributed by atoms with Crippen molar-refractivity contribution in [3.05, 3.63) is 64.2 Å². The summed E-state index contributed by atoms with van der Waals surface area (Å²) in [6.45, 7) is 8.27. The molecule has 1 amide bonds. The number of carbonyl (C=O) groups excluding carboxylic acids is 1. The minimum atomic E-state index is -0.562. The predicted molar refractivity (Wildman–Crippen MR) is 98.9 cm³/mol. The second kappa shape index (κ2) is 8.20. The largest absolute Gasteiger partial charge is 0.481 e. The van der Waals surface area contributed by atoms with Crippen molar-refractivity contribution in [1.82, 2.24) is 5.32 Å². The van der Waals surface area contributed by atoms with Gasteiger partial charge in [0, 0.05) is 11.6 Å². The summed E-state index contributed by atoms with van der Waals surface area (Å²) in [5.74, 6) is 0.790. The van der Waals surface area contributed by atoms with Crippen LogP contribution in [0.2, 0.25) is 5.02 Å². The molecule has 0 aliphatic carbocycles. The number of hydrogen-bond donors (Lipinski definition) is 1. The summed E-state index contributed by atoms with van der Waals surface area (Å²) in [6.07, 6.45) is -0.562. The van der Waals surface area contributed by atoms with E-state index in [1.165, 1.54) is 5.56 Å². The van der Waals surface area contributed by atoms with Crippen LogP contribution in [0.5, 0.6) is 5.75 Å². The third kappa shape index (κ3) is 4.75. The molecule has 0 radical (unpaired) electrons. The van der Waals surface area contributed by atoms with E-state index in [9.17, 15) is 4.79 Å². The molecule has 0 saturated carbocycles. The first-order valence-corrected chi connectivity index (χ1v) is 8.52. The van der Waals surface area contributed by atoms with E-state index in [-0.39, 0.29) is 11.8 Å². The molecule has 4 heteroatoms. The molecule has 2 aromatic rings. The molecule has 0 unspecified atom stereocenters. The number of rotatable bonds is 6. The SMILES string of the molecule is Cc1cc(O[C@@H](C)C(=O)NC[C@H](C)c2ccccc2)cc(C)c1Cl. The van der Waals surface area contributed by atoms with Gasteiger partial charge in [0.15, 0.2) is 6.10 Å². The zero-order chi connectivity index (χ0) is 17.7. The smallest absolute Gasteiger partial charge is 0.260 e. The van der Waals surface area contributed by atoms with Gasteiger partial charge >= 0.3 is 0 Å². The van der Waals surface area contributed by atoms with Crippen LogP contribution >= 0.6 is 11.6 Å². The number of nitrogens with one attached hydrogen (secondary N) is 1. The third-order valence-corrected chi connectivity index (χ3v) is 4.64. The number of hydrogen-bond acceptors (Lipinski definition) is 2. The number of amides is 1. The predicted octanol–water partition coefficient (Wildman–Crippen LogP) is 4.64. The highest BCUT2D eigenvalue weighted by molar-refractivity contribution is 6.32. The zero-order valence-corrected chi connectivity index (χ0v) is 15.4. The normalized spacial score (nSPS) is 13.2. The van der Waals surface area contributed by atoms with Gasteiger partial charge in [-0.15, -0.1) is 0 Å². The lowest BCUT2D eigenvalue weighted by Crippen LogP contribution is -2.38. The fraction of sp³-hybridized carbons (Fsp3) is 0.350. The van der Waals surface area contributed by atoms with Gasteiger partial charge in [0.05, 0.1) is 0 Å². The highest BCUT2D eigenvalue weighted by atomic mass is 35.5. The van der Waals surface area contributed by atoms with Crippen molar-refractivity contribution in [1.29, 1.82) is 0 Å². The molecule has 1 N–H and O–H groups in total. The molecule has 0 saturated heterocycles. The van der Waals surface area contributed by atoms with Crippen LogP contribution in [0.15, 0.2) is 42.5 Å². The molecular formula is C20H24ClNO2. The highest BCUT2D eigenvalue weighted by Gasteiger charge is 2.16. The first kappa shape index (κ1) is 18.3. The van der Waals surface area contributed by atoms with E-state index in [0.717, 1.165) is 16.1 Å². The Kier molecular flexibility index (Phi) is 6.27. The first-order valence-electron chi connectivity index (χ1n) is 8.14. The van der Waals surface area contributed by atoms with Crippen molar-refractivity contribution in [3.8, 4) is 5.75 Å². The summed E-state index contributed by atoms with van der Waals surface area (Å²) in [6, 6.07) is 13.8. The van der Waals surface area contributed by atoms with Gasteiger partial charge < -0.3 is 10.1 Å². The van der Waals surface area contributed by atoms with Crippen molar-refractivity contribution >= 4 is 17.5 Å². The van der Waals surface area contributed by atoms with E-state index < -0.39 is 6.10 Å². The topological polar surface area (TPSA) is 38.3 Å². The maximum atomic E-state index is 12.3. The summed E-state index contributed by atoms with van der Waals surface area (Å²) < 4.78 is 5.76. The minimum Gasteiger partial charge on any atom is -0.481 e. The van der Waals surface area contributed by atoms with Gasteiger partial charge in [-0.2, -0.15) is 0 Å². The molecule has 3 nitrogen and oxygen atoms in total. The van der Waals surface area contributed by atoms with E-state index in [1.54, 1.807) is 6.92 Å². The Hall–Kier alpha value is -2.00. The standard InChI is InChI=1S/C20H24ClNO2/c1-13-10-18(11-14(2)19(13)21)24-16(4)20(23)22-12-15(3)17-8-6-5-7-9-17/h5-11,15-16H,12H2,1-4H3,(H,22,23)/t15-,16-/m0/s1. The lowest BCUT2D eigenvalue weighted by Gasteiger charge is -2.18. The number of halogens is 1. The molecule has 2 atom stereocenters. The van der Waals surface area contributed by atoms with Gasteiger partial charge in [0.1, 0.15) is 5.75 Å². The van der Waals surface area contributed by atoms with Crippen LogP contribution < -0.4 is 10.1 Å². The van der Waals surface area contributed by atoms with Gasteiger partial charge in [-0.05, 0) is 55.5 Å². The quantitative estimate of drug-likeness (QED) is 0.828.